The predicted molar refractivity (Wildman–Crippen MR) is 93.7 cm³/mol. The molecule has 2 heterocycles. The fourth-order valence-electron chi connectivity index (χ4n) is 3.32. The summed E-state index contributed by atoms with van der Waals surface area (Å²) in [6.07, 6.45) is 5.54. The molecule has 23 heavy (non-hydrogen) atoms. The summed E-state index contributed by atoms with van der Waals surface area (Å²) in [6.45, 7) is 4.20. The first kappa shape index (κ1) is 16.1. The fraction of sp³-hybridized carbons (Fsp3) is 0.389. The number of nitrogens with zero attached hydrogens (tertiary/aromatic N) is 2. The first-order valence-electron chi connectivity index (χ1n) is 8.06. The van der Waals surface area contributed by atoms with Crippen LogP contribution in [0.4, 0.5) is 0 Å². The third-order valence-corrected chi connectivity index (χ3v) is 5.13. The summed E-state index contributed by atoms with van der Waals surface area (Å²) in [5, 5.41) is 0. The summed E-state index contributed by atoms with van der Waals surface area (Å²) < 4.78 is 2.38. The molecule has 0 radical (unpaired) electrons. The van der Waals surface area contributed by atoms with Crippen molar-refractivity contribution < 1.29 is 9.59 Å². The number of Topliss-reactive ketones (excluding diaryl/α,β-unsaturated/α-hetero) is 2. The van der Waals surface area contributed by atoms with Crippen molar-refractivity contribution in [3.8, 4) is 0 Å². The maximum atomic E-state index is 12.8. The Hall–Kier alpha value is -1.75. The average Bonchev–Trinajstić information content (AvgIpc) is 2.93. The van der Waals surface area contributed by atoms with Gasteiger partial charge in [0.2, 0.25) is 5.78 Å². The van der Waals surface area contributed by atoms with Crippen molar-refractivity contribution in [2.24, 2.45) is 5.92 Å². The van der Waals surface area contributed by atoms with E-state index in [1.54, 1.807) is 10.6 Å². The second kappa shape index (κ2) is 6.40. The van der Waals surface area contributed by atoms with Crippen LogP contribution < -0.4 is 0 Å². The number of aromatic nitrogens is 2. The van der Waals surface area contributed by atoms with Crippen LogP contribution in [0.5, 0.6) is 0 Å². The minimum atomic E-state index is -0.450. The number of hydrogen-bond donors (Lipinski definition) is 0. The zero-order valence-electron chi connectivity index (χ0n) is 13.3. The lowest BCUT2D eigenvalue weighted by Gasteiger charge is -2.22. The molecule has 2 aromatic rings. The summed E-state index contributed by atoms with van der Waals surface area (Å²) in [5.74, 6) is -0.732. The predicted octanol–water partition coefficient (Wildman–Crippen LogP) is 4.42. The Morgan fingerprint density at radius 2 is 1.83 bits per heavy atom. The zero-order chi connectivity index (χ0) is 16.6. The molecule has 0 saturated carbocycles. The van der Waals surface area contributed by atoms with Gasteiger partial charge in [0.05, 0.1) is 4.48 Å². The average molecular weight is 375 g/mol. The van der Waals surface area contributed by atoms with Crippen LogP contribution in [0.25, 0.3) is 10.1 Å². The van der Waals surface area contributed by atoms with E-state index < -0.39 is 5.78 Å². The summed E-state index contributed by atoms with van der Waals surface area (Å²) in [4.78, 5) is 30.0. The van der Waals surface area contributed by atoms with Gasteiger partial charge in [0, 0.05) is 11.8 Å². The molecule has 0 aromatic carbocycles. The Morgan fingerprint density at radius 1 is 1.13 bits per heavy atom. The molecule has 0 atom stereocenters. The molecule has 2 aromatic heterocycles. The number of carbonyl (C=O) groups is 2. The fourth-order valence-corrected chi connectivity index (χ4v) is 4.10. The van der Waals surface area contributed by atoms with Gasteiger partial charge in [-0.05, 0) is 46.8 Å². The summed E-state index contributed by atoms with van der Waals surface area (Å²) in [7, 11) is 0. The molecule has 0 unspecified atom stereocenters. The highest BCUT2D eigenvalue weighted by Gasteiger charge is 2.38. The molecule has 0 spiro atoms. The molecule has 0 aliphatic heterocycles. The van der Waals surface area contributed by atoms with Gasteiger partial charge in [-0.1, -0.05) is 32.8 Å². The molecule has 0 fully saturated rings. The molecule has 0 amide bonds. The van der Waals surface area contributed by atoms with Gasteiger partial charge in [-0.2, -0.15) is 0 Å². The molecule has 120 valence electrons. The molecule has 0 bridgehead atoms. The number of hydrogen-bond acceptors (Lipinski definition) is 3. The molecule has 1 aliphatic carbocycles. The number of rotatable bonds is 5. The normalized spacial score (nSPS) is 15.0. The highest BCUT2D eigenvalue weighted by molar-refractivity contribution is 9.15. The lowest BCUT2D eigenvalue weighted by atomic mass is 9.83. The lowest BCUT2D eigenvalue weighted by Crippen LogP contribution is -2.28. The van der Waals surface area contributed by atoms with Crippen molar-refractivity contribution >= 4 is 37.6 Å². The van der Waals surface area contributed by atoms with E-state index in [9.17, 15) is 9.59 Å². The number of ketones is 2. The third kappa shape index (κ3) is 2.57. The van der Waals surface area contributed by atoms with E-state index in [2.05, 4.69) is 34.8 Å². The van der Waals surface area contributed by atoms with Crippen LogP contribution in [-0.2, 0) is 4.79 Å². The van der Waals surface area contributed by atoms with Gasteiger partial charge in [-0.3, -0.25) is 14.0 Å². The van der Waals surface area contributed by atoms with E-state index in [4.69, 9.17) is 0 Å². The Kier molecular flexibility index (Phi) is 4.48. The smallest absolute Gasteiger partial charge is 0.252 e. The zero-order valence-corrected chi connectivity index (χ0v) is 14.9. The summed E-state index contributed by atoms with van der Waals surface area (Å²) >= 11 is 3.57. The van der Waals surface area contributed by atoms with Gasteiger partial charge in [-0.25, -0.2) is 4.98 Å². The second-order valence-corrected chi connectivity index (χ2v) is 6.69. The SMILES string of the molecule is CCCC(CCC)C1=C(Br)c2nc3ccccn3c2C(=O)C1=O. The molecule has 5 heteroatoms. The van der Waals surface area contributed by atoms with Gasteiger partial charge in [-0.15, -0.1) is 0 Å². The standard InChI is InChI=1S/C18H19BrN2O2/c1-3-7-11(8-4-2)13-14(19)15-16(18(23)17(13)22)21-10-6-5-9-12(21)20-15/h5-6,9-11H,3-4,7-8H2,1-2H3. The van der Waals surface area contributed by atoms with Crippen molar-refractivity contribution in [3.63, 3.8) is 0 Å². The second-order valence-electron chi connectivity index (χ2n) is 5.90. The van der Waals surface area contributed by atoms with Crippen LogP contribution in [0.2, 0.25) is 0 Å². The first-order valence-corrected chi connectivity index (χ1v) is 8.85. The maximum Gasteiger partial charge on any atom is 0.252 e. The van der Waals surface area contributed by atoms with Gasteiger partial charge in [0.1, 0.15) is 17.0 Å². The molecular formula is C18H19BrN2O2. The van der Waals surface area contributed by atoms with Crippen LogP contribution in [0.1, 0.15) is 55.7 Å². The maximum absolute atomic E-state index is 12.8. The topological polar surface area (TPSA) is 51.4 Å². The van der Waals surface area contributed by atoms with Crippen molar-refractivity contribution in [3.05, 3.63) is 41.4 Å². The minimum Gasteiger partial charge on any atom is -0.296 e. The highest BCUT2D eigenvalue weighted by atomic mass is 79.9. The van der Waals surface area contributed by atoms with E-state index in [0.717, 1.165) is 25.7 Å². The molecule has 0 N–H and O–H groups in total. The molecule has 0 saturated heterocycles. The van der Waals surface area contributed by atoms with Gasteiger partial charge < -0.3 is 0 Å². The van der Waals surface area contributed by atoms with E-state index in [1.165, 1.54) is 0 Å². The van der Waals surface area contributed by atoms with Crippen LogP contribution in [-0.4, -0.2) is 21.0 Å². The van der Waals surface area contributed by atoms with Crippen molar-refractivity contribution in [2.45, 2.75) is 39.5 Å². The van der Waals surface area contributed by atoms with Crippen LogP contribution >= 0.6 is 15.9 Å². The number of allylic oxidation sites excluding steroid dienone is 1. The molecule has 3 rings (SSSR count). The molecule has 1 aliphatic rings. The number of pyridine rings is 1. The monoisotopic (exact) mass is 374 g/mol. The molecule has 4 nitrogen and oxygen atoms in total. The van der Waals surface area contributed by atoms with Crippen molar-refractivity contribution in [2.75, 3.05) is 0 Å². The van der Waals surface area contributed by atoms with E-state index >= 15 is 0 Å². The van der Waals surface area contributed by atoms with Crippen molar-refractivity contribution in [1.82, 2.24) is 9.38 Å². The number of imidazole rings is 1. The largest absolute Gasteiger partial charge is 0.296 e. The van der Waals surface area contributed by atoms with Crippen molar-refractivity contribution in [1.29, 1.82) is 0 Å². The summed E-state index contributed by atoms with van der Waals surface area (Å²) in [5.41, 5.74) is 2.25. The van der Waals surface area contributed by atoms with Crippen LogP contribution in [0.3, 0.4) is 0 Å². The lowest BCUT2D eigenvalue weighted by molar-refractivity contribution is -0.112. The Balaban J connectivity index is 2.22. The number of halogens is 1. The Morgan fingerprint density at radius 3 is 2.48 bits per heavy atom. The number of carbonyl (C=O) groups excluding carboxylic acids is 2. The molecular weight excluding hydrogens is 356 g/mol. The quantitative estimate of drug-likeness (QED) is 0.727. The third-order valence-electron chi connectivity index (χ3n) is 4.32. The van der Waals surface area contributed by atoms with Crippen LogP contribution in [0, 0.1) is 5.92 Å². The Bertz CT molecular complexity index is 814. The first-order chi connectivity index (χ1) is 11.1. The van der Waals surface area contributed by atoms with Gasteiger partial charge >= 0.3 is 0 Å². The highest BCUT2D eigenvalue weighted by Crippen LogP contribution is 2.39. The summed E-state index contributed by atoms with van der Waals surface area (Å²) in [6, 6.07) is 5.54. The van der Waals surface area contributed by atoms with Gasteiger partial charge in [0.25, 0.3) is 5.78 Å². The Labute approximate surface area is 143 Å². The number of fused-ring (bicyclic) bond motifs is 3. The van der Waals surface area contributed by atoms with Gasteiger partial charge in [0.15, 0.2) is 0 Å². The minimum absolute atomic E-state index is 0.105. The van der Waals surface area contributed by atoms with E-state index in [-0.39, 0.29) is 11.7 Å². The van der Waals surface area contributed by atoms with Crippen LogP contribution in [0.15, 0.2) is 30.0 Å². The van der Waals surface area contributed by atoms with E-state index in [1.807, 2.05) is 18.2 Å². The van der Waals surface area contributed by atoms with E-state index in [0.29, 0.717) is 27.1 Å².